The zero-order chi connectivity index (χ0) is 25.6. The van der Waals surface area contributed by atoms with E-state index in [4.69, 9.17) is 20.3 Å². The quantitative estimate of drug-likeness (QED) is 0.182. The van der Waals surface area contributed by atoms with E-state index in [-0.39, 0.29) is 5.82 Å². The smallest absolute Gasteiger partial charge is 0.387 e. The molecule has 1 aromatic rings. The van der Waals surface area contributed by atoms with Crippen LogP contribution in [0.25, 0.3) is 0 Å². The Hall–Kier alpha value is -1.10. The highest BCUT2D eigenvalue weighted by Crippen LogP contribution is 2.67. The van der Waals surface area contributed by atoms with E-state index < -0.39 is 65.5 Å². The molecule has 1 aromatic heterocycles. The van der Waals surface area contributed by atoms with Crippen LogP contribution in [-0.4, -0.2) is 69.4 Å². The minimum absolute atomic E-state index is 0.219. The number of aliphatic hydroxyl groups is 2. The Morgan fingerprint density at radius 1 is 1.24 bits per heavy atom. The number of alkyl halides is 1. The van der Waals surface area contributed by atoms with Crippen LogP contribution in [0.3, 0.4) is 0 Å². The first-order valence-corrected chi connectivity index (χ1v) is 13.1. The van der Waals surface area contributed by atoms with Gasteiger partial charge in [-0.3, -0.25) is 9.09 Å². The van der Waals surface area contributed by atoms with Gasteiger partial charge in [0.2, 0.25) is 0 Å². The van der Waals surface area contributed by atoms with Crippen molar-refractivity contribution in [3.05, 3.63) is 22.7 Å². The number of rotatable bonds is 9. The van der Waals surface area contributed by atoms with E-state index >= 15 is 0 Å². The van der Waals surface area contributed by atoms with Crippen molar-refractivity contribution in [1.82, 2.24) is 9.55 Å². The molecule has 1 aliphatic rings. The van der Waals surface area contributed by atoms with Crippen molar-refractivity contribution in [3.63, 3.8) is 0 Å². The SMILES string of the molecule is CC(C)(OP(=O)(O)OP(=O)(O)OP(=O)(O)O)[C@H]1O[C@@H](n2ccc(N)nc2=O)C(O)(CF)[C@H]1O. The fourth-order valence-electron chi connectivity index (χ4n) is 2.98. The Morgan fingerprint density at radius 2 is 1.82 bits per heavy atom. The standard InChI is InChI=1S/C12H21FN3O14P3/c1-11(2,28-32(23,24)30-33(25,26)29-31(20,21)22)8-7(17)12(19,5-13)9(27-8)16-4-3-6(14)15-10(16)18/h3-4,7-9,17,19H,5H2,1-2H3,(H,23,24)(H,25,26)(H2,14,15,18)(H2,20,21,22)/t7-,8-,9+,12?/m0/s1. The second kappa shape index (κ2) is 9.17. The second-order valence-electron chi connectivity index (χ2n) is 7.31. The van der Waals surface area contributed by atoms with Crippen LogP contribution in [0, 0.1) is 0 Å². The zero-order valence-electron chi connectivity index (χ0n) is 16.7. The van der Waals surface area contributed by atoms with Gasteiger partial charge in [-0.2, -0.15) is 13.6 Å². The van der Waals surface area contributed by atoms with Crippen LogP contribution in [0.15, 0.2) is 17.1 Å². The molecule has 190 valence electrons. The average Bonchev–Trinajstić information content (AvgIpc) is 2.83. The summed E-state index contributed by atoms with van der Waals surface area (Å²) in [5, 5.41) is 21.1. The van der Waals surface area contributed by atoms with Gasteiger partial charge in [-0.1, -0.05) is 0 Å². The van der Waals surface area contributed by atoms with Gasteiger partial charge in [0.25, 0.3) is 0 Å². The van der Waals surface area contributed by atoms with Crippen LogP contribution >= 0.6 is 23.5 Å². The number of halogens is 1. The molecule has 6 atom stereocenters. The lowest BCUT2D eigenvalue weighted by Gasteiger charge is -2.34. The molecule has 0 amide bonds. The summed E-state index contributed by atoms with van der Waals surface area (Å²) >= 11 is 0. The summed E-state index contributed by atoms with van der Waals surface area (Å²) in [6, 6.07) is 1.10. The molecule has 0 aliphatic carbocycles. The fraction of sp³-hybridized carbons (Fsp3) is 0.667. The number of aromatic nitrogens is 2. The summed E-state index contributed by atoms with van der Waals surface area (Å²) in [6.07, 6.45) is -5.08. The summed E-state index contributed by atoms with van der Waals surface area (Å²) in [5.41, 5.74) is -0.788. The Bertz CT molecular complexity index is 1090. The van der Waals surface area contributed by atoms with E-state index in [1.807, 2.05) is 0 Å². The number of hydrogen-bond donors (Lipinski definition) is 7. The predicted molar refractivity (Wildman–Crippen MR) is 103 cm³/mol. The van der Waals surface area contributed by atoms with Gasteiger partial charge in [0.1, 0.15) is 30.3 Å². The average molecular weight is 543 g/mol. The van der Waals surface area contributed by atoms with Gasteiger partial charge in [0, 0.05) is 6.20 Å². The van der Waals surface area contributed by atoms with Crippen LogP contribution in [-0.2, 0) is 31.6 Å². The molecule has 2 rings (SSSR count). The molecule has 0 radical (unpaired) electrons. The lowest BCUT2D eigenvalue weighted by molar-refractivity contribution is -0.129. The molecular weight excluding hydrogens is 522 g/mol. The van der Waals surface area contributed by atoms with E-state index in [9.17, 15) is 42.9 Å². The number of ether oxygens (including phenoxy) is 1. The van der Waals surface area contributed by atoms with Crippen molar-refractivity contribution in [2.75, 3.05) is 12.4 Å². The normalized spacial score (nSPS) is 30.0. The number of anilines is 1. The van der Waals surface area contributed by atoms with Gasteiger partial charge >= 0.3 is 29.2 Å². The van der Waals surface area contributed by atoms with Crippen molar-refractivity contribution in [2.24, 2.45) is 0 Å². The number of aliphatic hydroxyl groups excluding tert-OH is 1. The summed E-state index contributed by atoms with van der Waals surface area (Å²) in [6.45, 7) is 0.214. The highest BCUT2D eigenvalue weighted by molar-refractivity contribution is 7.66. The number of hydrogen-bond acceptors (Lipinski definition) is 12. The Balaban J connectivity index is 2.34. The maximum atomic E-state index is 13.8. The maximum Gasteiger partial charge on any atom is 0.490 e. The summed E-state index contributed by atoms with van der Waals surface area (Å²) in [4.78, 5) is 51.6. The van der Waals surface area contributed by atoms with Gasteiger partial charge in [0.15, 0.2) is 11.8 Å². The molecule has 33 heavy (non-hydrogen) atoms. The Labute approximate surface area is 184 Å². The van der Waals surface area contributed by atoms with Crippen molar-refractivity contribution >= 4 is 29.3 Å². The van der Waals surface area contributed by atoms with E-state index in [1.54, 1.807) is 0 Å². The van der Waals surface area contributed by atoms with Crippen molar-refractivity contribution in [1.29, 1.82) is 0 Å². The molecule has 1 fully saturated rings. The number of nitrogens with zero attached hydrogens (tertiary/aromatic N) is 2. The van der Waals surface area contributed by atoms with Crippen molar-refractivity contribution < 1.29 is 65.8 Å². The molecule has 0 spiro atoms. The number of phosphoric acid groups is 3. The third-order valence-electron chi connectivity index (χ3n) is 4.27. The molecule has 0 aromatic carbocycles. The number of nitrogens with two attached hydrogens (primary N) is 1. The molecule has 1 aliphatic heterocycles. The van der Waals surface area contributed by atoms with Gasteiger partial charge in [0.05, 0.1) is 0 Å². The van der Waals surface area contributed by atoms with Crippen LogP contribution in [0.1, 0.15) is 20.1 Å². The molecule has 3 unspecified atom stereocenters. The van der Waals surface area contributed by atoms with Crippen LogP contribution < -0.4 is 11.4 Å². The zero-order valence-corrected chi connectivity index (χ0v) is 19.4. The molecule has 21 heteroatoms. The summed E-state index contributed by atoms with van der Waals surface area (Å²) in [7, 11) is -17.2. The molecule has 1 saturated heterocycles. The Morgan fingerprint density at radius 3 is 2.30 bits per heavy atom. The number of nitrogen functional groups attached to an aromatic ring is 1. The lowest BCUT2D eigenvalue weighted by atomic mass is 9.88. The van der Waals surface area contributed by atoms with E-state index in [0.29, 0.717) is 4.57 Å². The molecular formula is C12H21FN3O14P3. The number of phosphoric ester groups is 1. The Kier molecular flexibility index (Phi) is 7.82. The van der Waals surface area contributed by atoms with Crippen LogP contribution in [0.4, 0.5) is 10.2 Å². The van der Waals surface area contributed by atoms with Gasteiger partial charge in [-0.05, 0) is 19.9 Å². The minimum Gasteiger partial charge on any atom is -0.387 e. The molecule has 0 saturated carbocycles. The van der Waals surface area contributed by atoms with Crippen LogP contribution in [0.5, 0.6) is 0 Å². The van der Waals surface area contributed by atoms with Crippen molar-refractivity contribution in [2.45, 2.75) is 43.5 Å². The predicted octanol–water partition coefficient (Wildman–Crippen LogP) is -1.09. The van der Waals surface area contributed by atoms with E-state index in [2.05, 4.69) is 18.1 Å². The van der Waals surface area contributed by atoms with E-state index in [0.717, 1.165) is 26.1 Å². The topological polar surface area (TPSA) is 270 Å². The third-order valence-corrected chi connectivity index (χ3v) is 8.30. The highest BCUT2D eigenvalue weighted by Gasteiger charge is 2.62. The van der Waals surface area contributed by atoms with Gasteiger partial charge in [-0.25, -0.2) is 22.9 Å². The largest absolute Gasteiger partial charge is 0.490 e. The van der Waals surface area contributed by atoms with Crippen LogP contribution in [0.2, 0.25) is 0 Å². The molecule has 2 heterocycles. The fourth-order valence-corrected chi connectivity index (χ4v) is 6.32. The summed E-state index contributed by atoms with van der Waals surface area (Å²) < 4.78 is 66.0. The summed E-state index contributed by atoms with van der Waals surface area (Å²) in [5.74, 6) is -0.219. The van der Waals surface area contributed by atoms with Gasteiger partial charge in [-0.15, -0.1) is 0 Å². The van der Waals surface area contributed by atoms with Crippen molar-refractivity contribution in [3.8, 4) is 0 Å². The first-order chi connectivity index (χ1) is 14.7. The van der Waals surface area contributed by atoms with Gasteiger partial charge < -0.3 is 40.3 Å². The second-order valence-corrected chi connectivity index (χ2v) is 11.7. The molecule has 8 N–H and O–H groups in total. The monoisotopic (exact) mass is 543 g/mol. The lowest BCUT2D eigenvalue weighted by Crippen LogP contribution is -2.53. The minimum atomic E-state index is -5.85. The first kappa shape index (κ1) is 28.1. The highest BCUT2D eigenvalue weighted by atomic mass is 31.3. The molecule has 17 nitrogen and oxygen atoms in total. The maximum absolute atomic E-state index is 13.8. The molecule has 0 bridgehead atoms. The third kappa shape index (κ3) is 6.52. The first-order valence-electron chi connectivity index (χ1n) is 8.54. The van der Waals surface area contributed by atoms with E-state index in [1.165, 1.54) is 0 Å².